The van der Waals surface area contributed by atoms with E-state index in [4.69, 9.17) is 32.6 Å². The van der Waals surface area contributed by atoms with Crippen molar-refractivity contribution in [1.82, 2.24) is 20.0 Å². The van der Waals surface area contributed by atoms with Crippen LogP contribution in [0, 0.1) is 18.3 Å². The summed E-state index contributed by atoms with van der Waals surface area (Å²) in [4.78, 5) is 46.6. The van der Waals surface area contributed by atoms with E-state index < -0.39 is 57.2 Å². The molecule has 14 nitrogen and oxygen atoms in total. The van der Waals surface area contributed by atoms with E-state index in [0.717, 1.165) is 0 Å². The highest BCUT2D eigenvalue weighted by Crippen LogP contribution is 2.17. The number of carbonyl (C=O) groups excluding carboxylic acids is 4. The molecule has 1 aliphatic heterocycles. The molecule has 3 unspecified atom stereocenters. The molecule has 0 aliphatic carbocycles. The van der Waals surface area contributed by atoms with Crippen LogP contribution in [0.5, 0.6) is 0 Å². The van der Waals surface area contributed by atoms with E-state index in [2.05, 4.69) is 33.2 Å². The summed E-state index contributed by atoms with van der Waals surface area (Å²) in [6.45, 7) is -1.04. The molecule has 0 aromatic rings. The van der Waals surface area contributed by atoms with E-state index in [1.165, 1.54) is 0 Å². The highest BCUT2D eigenvalue weighted by atomic mass is 127. The number of aliphatic hydroxyl groups excluding tert-OH is 4. The summed E-state index contributed by atoms with van der Waals surface area (Å²) < 4.78 is 5.03. The Bertz CT molecular complexity index is 668. The third-order valence-electron chi connectivity index (χ3n) is 3.94. The monoisotopic (exact) mass is 559 g/mol. The van der Waals surface area contributed by atoms with Gasteiger partial charge in [-0.3, -0.25) is 14.6 Å². The largest absolute Gasteiger partial charge is 0.449 e. The molecule has 31 heavy (non-hydrogen) atoms. The Hall–Kier alpha value is -2.39. The lowest BCUT2D eigenvalue weighted by Gasteiger charge is -2.23. The molecule has 1 heterocycles. The van der Waals surface area contributed by atoms with Crippen LogP contribution < -0.4 is 11.1 Å². The molecule has 176 valence electrons. The number of nitrogens with one attached hydrogen (secondary N) is 1. The number of ether oxygens (including phenoxy) is 1. The molecule has 6 amide bonds. The first-order valence-corrected chi connectivity index (χ1v) is 9.94. The van der Waals surface area contributed by atoms with Gasteiger partial charge in [0.2, 0.25) is 0 Å². The van der Waals surface area contributed by atoms with E-state index in [-0.39, 0.29) is 5.92 Å². The first-order chi connectivity index (χ1) is 14.6. The van der Waals surface area contributed by atoms with Crippen LogP contribution in [0.1, 0.15) is 13.3 Å². The first kappa shape index (κ1) is 28.6. The second-order valence-electron chi connectivity index (χ2n) is 5.95. The van der Waals surface area contributed by atoms with Gasteiger partial charge in [0.15, 0.2) is 6.17 Å². The van der Waals surface area contributed by atoms with E-state index in [0.29, 0.717) is 31.7 Å². The predicted octanol–water partition coefficient (Wildman–Crippen LogP) is -2.07. The Balaban J connectivity index is 0.000000649. The zero-order valence-corrected chi connectivity index (χ0v) is 18.8. The minimum atomic E-state index is -1.52. The summed E-state index contributed by atoms with van der Waals surface area (Å²) in [5, 5.41) is 37.4. The maximum atomic E-state index is 11.7. The number of imide groups is 1. The number of carbonyl (C=O) groups is 4. The first-order valence-electron chi connectivity index (χ1n) is 8.70. The van der Waals surface area contributed by atoms with Crippen molar-refractivity contribution < 1.29 is 44.3 Å². The second-order valence-corrected chi connectivity index (χ2v) is 7.92. The van der Waals surface area contributed by atoms with Crippen LogP contribution in [0.25, 0.3) is 0 Å². The Morgan fingerprint density at radius 1 is 1.29 bits per heavy atom. The van der Waals surface area contributed by atoms with E-state index >= 15 is 0 Å². The highest BCUT2D eigenvalue weighted by Gasteiger charge is 2.45. The van der Waals surface area contributed by atoms with Gasteiger partial charge in [-0.15, -0.1) is 12.3 Å². The maximum Gasteiger partial charge on any atom is 0.404 e. The standard InChI is InChI=1S/C8H12INO2.C8H14N4O7/c1-3-4-7(6(2)9)5-12-8(10)11;13-1-10(2-14)7(18)9-5-6(17)12(4-16)8(19)11(5)3-15/h1,6-7H,4-5H2,2H3,(H2,10,11);5,13-16H,1-4H2,(H,9,18). The van der Waals surface area contributed by atoms with Crippen LogP contribution in [-0.2, 0) is 9.53 Å². The lowest BCUT2D eigenvalue weighted by Crippen LogP contribution is -2.53. The van der Waals surface area contributed by atoms with E-state index in [9.17, 15) is 19.2 Å². The lowest BCUT2D eigenvalue weighted by atomic mass is 10.0. The fourth-order valence-electron chi connectivity index (χ4n) is 2.13. The molecule has 1 aliphatic rings. The van der Waals surface area contributed by atoms with Crippen molar-refractivity contribution in [3.05, 3.63) is 0 Å². The number of aliphatic hydroxyl groups is 4. The van der Waals surface area contributed by atoms with Gasteiger partial charge in [0.05, 0.1) is 6.61 Å². The van der Waals surface area contributed by atoms with Crippen molar-refractivity contribution in [1.29, 1.82) is 0 Å². The van der Waals surface area contributed by atoms with Gasteiger partial charge >= 0.3 is 18.2 Å². The van der Waals surface area contributed by atoms with Crippen LogP contribution >= 0.6 is 22.6 Å². The number of hydrogen-bond donors (Lipinski definition) is 6. The Morgan fingerprint density at radius 3 is 2.26 bits per heavy atom. The second kappa shape index (κ2) is 14.6. The number of alkyl halides is 1. The molecule has 1 rings (SSSR count). The highest BCUT2D eigenvalue weighted by molar-refractivity contribution is 14.1. The summed E-state index contributed by atoms with van der Waals surface area (Å²) in [5.74, 6) is 1.79. The number of rotatable bonds is 9. The van der Waals surface area contributed by atoms with Gasteiger partial charge < -0.3 is 36.2 Å². The third-order valence-corrected chi connectivity index (χ3v) is 4.96. The van der Waals surface area contributed by atoms with E-state index in [1.54, 1.807) is 0 Å². The SMILES string of the molecule is C#CCC(COC(N)=O)C(C)I.O=C(NC1C(=O)N(CO)C(=O)N1CO)N(CO)CO. The predicted molar refractivity (Wildman–Crippen MR) is 113 cm³/mol. The van der Waals surface area contributed by atoms with Gasteiger partial charge in [-0.25, -0.2) is 19.3 Å². The number of terminal acetylenes is 1. The summed E-state index contributed by atoms with van der Waals surface area (Å²) in [7, 11) is 0. The number of amides is 6. The van der Waals surface area contributed by atoms with Crippen molar-refractivity contribution in [2.75, 3.05) is 33.5 Å². The van der Waals surface area contributed by atoms with Crippen LogP contribution in [0.2, 0.25) is 0 Å². The molecule has 0 spiro atoms. The molecule has 7 N–H and O–H groups in total. The molecular formula is C16H26IN5O9. The molecule has 0 aromatic carbocycles. The fraction of sp³-hybridized carbons (Fsp3) is 0.625. The average Bonchev–Trinajstić information content (AvgIpc) is 2.94. The van der Waals surface area contributed by atoms with Gasteiger partial charge in [0.25, 0.3) is 5.91 Å². The summed E-state index contributed by atoms with van der Waals surface area (Å²) in [5.41, 5.74) is 4.82. The molecular weight excluding hydrogens is 533 g/mol. The van der Waals surface area contributed by atoms with Crippen molar-refractivity contribution in [3.8, 4) is 12.3 Å². The van der Waals surface area contributed by atoms with Gasteiger partial charge in [-0.2, -0.15) is 0 Å². The Kier molecular flexibility index (Phi) is 13.5. The number of halogens is 1. The van der Waals surface area contributed by atoms with Gasteiger partial charge in [0, 0.05) is 16.3 Å². The van der Waals surface area contributed by atoms with Crippen molar-refractivity contribution in [2.24, 2.45) is 11.7 Å². The topological polar surface area (TPSA) is 206 Å². The molecule has 0 saturated carbocycles. The molecule has 1 fully saturated rings. The maximum absolute atomic E-state index is 11.7. The molecule has 3 atom stereocenters. The fourth-order valence-corrected chi connectivity index (χ4v) is 2.59. The van der Waals surface area contributed by atoms with Crippen LogP contribution in [0.15, 0.2) is 0 Å². The third kappa shape index (κ3) is 8.70. The smallest absolute Gasteiger partial charge is 0.404 e. The zero-order chi connectivity index (χ0) is 24.1. The molecule has 1 saturated heterocycles. The number of urea groups is 2. The minimum absolute atomic E-state index is 0.197. The van der Waals surface area contributed by atoms with Crippen molar-refractivity contribution in [2.45, 2.75) is 23.4 Å². The molecule has 0 bridgehead atoms. The number of nitrogens with two attached hydrogens (primary N) is 1. The molecule has 15 heteroatoms. The number of primary amides is 1. The van der Waals surface area contributed by atoms with E-state index in [1.807, 2.05) is 12.2 Å². The lowest BCUT2D eigenvalue weighted by molar-refractivity contribution is -0.131. The van der Waals surface area contributed by atoms with Gasteiger partial charge in [-0.05, 0) is 0 Å². The number of nitrogens with zero attached hydrogens (tertiary/aromatic N) is 3. The van der Waals surface area contributed by atoms with Crippen LogP contribution in [0.4, 0.5) is 14.4 Å². The summed E-state index contributed by atoms with van der Waals surface area (Å²) in [6, 6.07) is -1.99. The average molecular weight is 559 g/mol. The molecule has 0 radical (unpaired) electrons. The van der Waals surface area contributed by atoms with Crippen LogP contribution in [-0.4, -0.2) is 103 Å². The zero-order valence-electron chi connectivity index (χ0n) is 16.7. The van der Waals surface area contributed by atoms with Crippen LogP contribution in [0.3, 0.4) is 0 Å². The number of hydrogen-bond acceptors (Lipinski definition) is 9. The van der Waals surface area contributed by atoms with Crippen molar-refractivity contribution in [3.63, 3.8) is 0 Å². The Morgan fingerprint density at radius 2 is 1.87 bits per heavy atom. The van der Waals surface area contributed by atoms with Crippen molar-refractivity contribution >= 4 is 46.7 Å². The van der Waals surface area contributed by atoms with Gasteiger partial charge in [0.1, 0.15) is 26.9 Å². The quantitative estimate of drug-likeness (QED) is 0.0603. The minimum Gasteiger partial charge on any atom is -0.449 e. The summed E-state index contributed by atoms with van der Waals surface area (Å²) >= 11 is 2.25. The molecule has 0 aromatic heterocycles. The summed E-state index contributed by atoms with van der Waals surface area (Å²) in [6.07, 6.45) is 3.50. The Labute approximate surface area is 192 Å². The normalized spacial score (nSPS) is 17.3. The van der Waals surface area contributed by atoms with Gasteiger partial charge in [-0.1, -0.05) is 29.5 Å².